The predicted octanol–water partition coefficient (Wildman–Crippen LogP) is 4.06. The molecule has 1 fully saturated rings. The number of ether oxygens (including phenoxy) is 1. The van der Waals surface area contributed by atoms with E-state index in [-0.39, 0.29) is 5.56 Å². The van der Waals surface area contributed by atoms with Crippen LogP contribution >= 0.6 is 0 Å². The average Bonchev–Trinajstić information content (AvgIpc) is 3.10. The molecule has 0 saturated carbocycles. The van der Waals surface area contributed by atoms with Crippen LogP contribution in [0.2, 0.25) is 0 Å². The lowest BCUT2D eigenvalue weighted by atomic mass is 9.83. The zero-order valence-corrected chi connectivity index (χ0v) is 18.6. The molecule has 6 nitrogen and oxygen atoms in total. The van der Waals surface area contributed by atoms with Crippen LogP contribution in [-0.2, 0) is 13.1 Å². The van der Waals surface area contributed by atoms with Crippen LogP contribution in [-0.4, -0.2) is 34.7 Å². The SMILES string of the molecule is COc1cc(C)c(-c2nc(CN3C[C@@H]4C[C@H](C3)c3cccc(=O)n3C4)c(C)o2)cc1C. The third-order valence-corrected chi connectivity index (χ3v) is 6.79. The molecule has 0 amide bonds. The maximum absolute atomic E-state index is 12.3. The molecule has 1 saturated heterocycles. The summed E-state index contributed by atoms with van der Waals surface area (Å²) >= 11 is 0. The Morgan fingerprint density at radius 1 is 1.13 bits per heavy atom. The molecule has 0 aliphatic carbocycles. The molecule has 1 aromatic carbocycles. The summed E-state index contributed by atoms with van der Waals surface area (Å²) in [6.45, 7) is 9.61. The Hall–Kier alpha value is -2.86. The van der Waals surface area contributed by atoms with Gasteiger partial charge in [0.2, 0.25) is 5.89 Å². The minimum Gasteiger partial charge on any atom is -0.496 e. The Morgan fingerprint density at radius 3 is 2.77 bits per heavy atom. The van der Waals surface area contributed by atoms with Crippen LogP contribution in [0.4, 0.5) is 0 Å². The number of methoxy groups -OCH3 is 1. The van der Waals surface area contributed by atoms with Crippen LogP contribution in [0, 0.1) is 26.7 Å². The van der Waals surface area contributed by atoms with Crippen LogP contribution in [0.25, 0.3) is 11.5 Å². The van der Waals surface area contributed by atoms with E-state index >= 15 is 0 Å². The molecule has 31 heavy (non-hydrogen) atoms. The summed E-state index contributed by atoms with van der Waals surface area (Å²) in [4.78, 5) is 19.6. The molecule has 6 heteroatoms. The number of rotatable bonds is 4. The first-order chi connectivity index (χ1) is 14.9. The molecule has 0 spiro atoms. The van der Waals surface area contributed by atoms with E-state index in [0.29, 0.717) is 17.7 Å². The number of aromatic nitrogens is 2. The van der Waals surface area contributed by atoms with E-state index in [0.717, 1.165) is 66.5 Å². The van der Waals surface area contributed by atoms with Crippen molar-refractivity contribution in [3.63, 3.8) is 0 Å². The minimum absolute atomic E-state index is 0.128. The summed E-state index contributed by atoms with van der Waals surface area (Å²) in [6.07, 6.45) is 1.16. The maximum atomic E-state index is 12.3. The van der Waals surface area contributed by atoms with Gasteiger partial charge in [0.25, 0.3) is 5.56 Å². The van der Waals surface area contributed by atoms with Gasteiger partial charge in [-0.3, -0.25) is 9.69 Å². The monoisotopic (exact) mass is 419 g/mol. The Balaban J connectivity index is 1.38. The van der Waals surface area contributed by atoms with Crippen LogP contribution in [0.15, 0.2) is 39.5 Å². The number of pyridine rings is 1. The van der Waals surface area contributed by atoms with E-state index in [1.54, 1.807) is 13.2 Å². The zero-order chi connectivity index (χ0) is 21.7. The topological polar surface area (TPSA) is 60.5 Å². The average molecular weight is 420 g/mol. The Bertz CT molecular complexity index is 1190. The molecule has 2 aliphatic heterocycles. The largest absolute Gasteiger partial charge is 0.496 e. The number of benzene rings is 1. The zero-order valence-electron chi connectivity index (χ0n) is 18.6. The summed E-state index contributed by atoms with van der Waals surface area (Å²) < 4.78 is 13.5. The first-order valence-corrected chi connectivity index (χ1v) is 11.0. The number of likely N-dealkylation sites (tertiary alicyclic amines) is 1. The number of fused-ring (bicyclic) bond motifs is 4. The molecule has 4 heterocycles. The highest BCUT2D eigenvalue weighted by Crippen LogP contribution is 2.36. The van der Waals surface area contributed by atoms with Crippen molar-refractivity contribution >= 4 is 0 Å². The summed E-state index contributed by atoms with van der Waals surface area (Å²) in [5.41, 5.74) is 5.46. The van der Waals surface area contributed by atoms with Crippen LogP contribution in [0.1, 0.15) is 40.6 Å². The van der Waals surface area contributed by atoms with Crippen molar-refractivity contribution in [2.24, 2.45) is 5.92 Å². The van der Waals surface area contributed by atoms with Gasteiger partial charge in [-0.25, -0.2) is 4.98 Å². The highest BCUT2D eigenvalue weighted by Gasteiger charge is 2.34. The van der Waals surface area contributed by atoms with Crippen molar-refractivity contribution in [3.8, 4) is 17.2 Å². The van der Waals surface area contributed by atoms with Gasteiger partial charge in [0.15, 0.2) is 0 Å². The van der Waals surface area contributed by atoms with Crippen LogP contribution < -0.4 is 10.3 Å². The van der Waals surface area contributed by atoms with Crippen molar-refractivity contribution in [3.05, 3.63) is 69.0 Å². The van der Waals surface area contributed by atoms with E-state index in [2.05, 4.69) is 24.0 Å². The maximum Gasteiger partial charge on any atom is 0.250 e. The molecule has 2 bridgehead atoms. The van der Waals surface area contributed by atoms with Gasteiger partial charge in [0.05, 0.1) is 12.8 Å². The molecule has 0 N–H and O–H groups in total. The fraction of sp³-hybridized carbons (Fsp3) is 0.440. The van der Waals surface area contributed by atoms with Gasteiger partial charge >= 0.3 is 0 Å². The third kappa shape index (κ3) is 3.59. The van der Waals surface area contributed by atoms with Crippen molar-refractivity contribution < 1.29 is 9.15 Å². The lowest BCUT2D eigenvalue weighted by molar-refractivity contribution is 0.113. The van der Waals surface area contributed by atoms with E-state index in [9.17, 15) is 4.79 Å². The number of nitrogens with zero attached hydrogens (tertiary/aromatic N) is 3. The van der Waals surface area contributed by atoms with Gasteiger partial charge in [-0.15, -0.1) is 0 Å². The fourth-order valence-corrected chi connectivity index (χ4v) is 5.27. The van der Waals surface area contributed by atoms with Crippen molar-refractivity contribution in [1.82, 2.24) is 14.5 Å². The molecule has 2 atom stereocenters. The Kier molecular flexibility index (Phi) is 4.97. The van der Waals surface area contributed by atoms with Gasteiger partial charge in [-0.05, 0) is 62.4 Å². The van der Waals surface area contributed by atoms with E-state index in [1.165, 1.54) is 5.69 Å². The summed E-state index contributed by atoms with van der Waals surface area (Å²) in [5.74, 6) is 3.33. The first kappa shape index (κ1) is 20.1. The Morgan fingerprint density at radius 2 is 1.97 bits per heavy atom. The molecular weight excluding hydrogens is 390 g/mol. The molecule has 0 unspecified atom stereocenters. The standard InChI is InChI=1S/C25H29N3O3/c1-15-9-23(30-4)16(2)8-20(15)25-26-21(17(3)31-25)14-27-11-18-10-19(13-27)22-6-5-7-24(29)28(22)12-18/h5-9,18-19H,10-14H2,1-4H3/t18-,19+/m0/s1. The van der Waals surface area contributed by atoms with E-state index in [1.807, 2.05) is 30.5 Å². The number of aryl methyl sites for hydroxylation is 3. The van der Waals surface area contributed by atoms with Crippen molar-refractivity contribution in [2.75, 3.05) is 20.2 Å². The van der Waals surface area contributed by atoms with Gasteiger partial charge in [-0.1, -0.05) is 6.07 Å². The van der Waals surface area contributed by atoms with Crippen molar-refractivity contribution in [2.45, 2.75) is 46.2 Å². The molecule has 5 rings (SSSR count). The highest BCUT2D eigenvalue weighted by molar-refractivity contribution is 5.62. The molecule has 2 aliphatic rings. The molecular formula is C25H29N3O3. The smallest absolute Gasteiger partial charge is 0.250 e. The summed E-state index contributed by atoms with van der Waals surface area (Å²) in [7, 11) is 1.69. The first-order valence-electron chi connectivity index (χ1n) is 11.0. The fourth-order valence-electron chi connectivity index (χ4n) is 5.27. The summed E-state index contributed by atoms with van der Waals surface area (Å²) in [5, 5.41) is 0. The molecule has 0 radical (unpaired) electrons. The number of oxazole rings is 1. The normalized spacial score (nSPS) is 20.5. The Labute approximate surface area is 182 Å². The van der Waals surface area contributed by atoms with Crippen LogP contribution in [0.3, 0.4) is 0 Å². The second-order valence-electron chi connectivity index (χ2n) is 9.05. The van der Waals surface area contributed by atoms with Crippen molar-refractivity contribution in [1.29, 1.82) is 0 Å². The number of hydrogen-bond acceptors (Lipinski definition) is 5. The van der Waals surface area contributed by atoms with E-state index in [4.69, 9.17) is 14.1 Å². The quantitative estimate of drug-likeness (QED) is 0.638. The molecule has 2 aromatic heterocycles. The second kappa shape index (κ2) is 7.68. The van der Waals surface area contributed by atoms with Gasteiger partial charge in [0, 0.05) is 49.4 Å². The number of piperidine rings is 1. The number of hydrogen-bond donors (Lipinski definition) is 0. The lowest BCUT2D eigenvalue weighted by Crippen LogP contribution is -2.46. The highest BCUT2D eigenvalue weighted by atomic mass is 16.5. The minimum atomic E-state index is 0.128. The molecule has 3 aromatic rings. The van der Waals surface area contributed by atoms with E-state index < -0.39 is 0 Å². The van der Waals surface area contributed by atoms with Gasteiger partial charge < -0.3 is 13.7 Å². The lowest BCUT2D eigenvalue weighted by Gasteiger charge is -2.42. The van der Waals surface area contributed by atoms with Gasteiger partial charge in [0.1, 0.15) is 11.5 Å². The summed E-state index contributed by atoms with van der Waals surface area (Å²) in [6, 6.07) is 9.80. The van der Waals surface area contributed by atoms with Crippen LogP contribution in [0.5, 0.6) is 5.75 Å². The molecule has 162 valence electrons. The third-order valence-electron chi connectivity index (χ3n) is 6.79. The predicted molar refractivity (Wildman–Crippen MR) is 120 cm³/mol. The van der Waals surface area contributed by atoms with Gasteiger partial charge in [-0.2, -0.15) is 0 Å². The second-order valence-corrected chi connectivity index (χ2v) is 9.05.